The molecule has 0 saturated carbocycles. The van der Waals surface area contributed by atoms with Gasteiger partial charge in [0.2, 0.25) is 0 Å². The predicted octanol–water partition coefficient (Wildman–Crippen LogP) is 4.65. The van der Waals surface area contributed by atoms with Gasteiger partial charge in [0.15, 0.2) is 0 Å². The molecule has 5 rings (SSSR count). The molecule has 1 aliphatic carbocycles. The fraction of sp³-hybridized carbons (Fsp3) is 0.310. The molecule has 282 valence electrons. The summed E-state index contributed by atoms with van der Waals surface area (Å²) in [6.45, 7) is 16.0. The third kappa shape index (κ3) is 6.99. The Morgan fingerprint density at radius 1 is 0.926 bits per heavy atom. The van der Waals surface area contributed by atoms with Crippen molar-refractivity contribution in [3.8, 4) is 0 Å². The minimum atomic E-state index is -1.21. The van der Waals surface area contributed by atoms with Gasteiger partial charge in [-0.1, -0.05) is 31.4 Å². The number of carbonyl (C=O) groups excluding carboxylic acids is 3. The molecular formula is C42H46N4O8. The summed E-state index contributed by atoms with van der Waals surface area (Å²) in [7, 11) is 3.84. The van der Waals surface area contributed by atoms with Crippen LogP contribution in [0.5, 0.6) is 0 Å². The molecule has 5 N–H and O–H groups in total. The number of aromatic nitrogens is 2. The van der Waals surface area contributed by atoms with Gasteiger partial charge < -0.3 is 35.0 Å². The number of ether oxygens (including phenoxy) is 3. The van der Waals surface area contributed by atoms with Crippen LogP contribution in [0.3, 0.4) is 0 Å². The maximum atomic E-state index is 13.7. The summed E-state index contributed by atoms with van der Waals surface area (Å²) in [6, 6.07) is 0. The zero-order valence-electron chi connectivity index (χ0n) is 31.7. The van der Waals surface area contributed by atoms with E-state index in [0.717, 1.165) is 33.0 Å². The highest BCUT2D eigenvalue weighted by Gasteiger charge is 2.54. The van der Waals surface area contributed by atoms with Crippen LogP contribution in [0, 0.1) is 25.2 Å². The van der Waals surface area contributed by atoms with E-state index in [4.69, 9.17) is 24.9 Å². The van der Waals surface area contributed by atoms with Crippen molar-refractivity contribution in [1.29, 1.82) is 0 Å². The zero-order valence-corrected chi connectivity index (χ0v) is 31.7. The lowest BCUT2D eigenvalue weighted by atomic mass is 9.64. The van der Waals surface area contributed by atoms with Crippen molar-refractivity contribution in [1.82, 2.24) is 9.97 Å². The number of carboxylic acid groups (broad SMARTS) is 1. The van der Waals surface area contributed by atoms with Crippen LogP contribution in [0.25, 0.3) is 30.4 Å². The molecule has 12 nitrogen and oxygen atoms in total. The Kier molecular flexibility index (Phi) is 11.2. The second-order valence-corrected chi connectivity index (χ2v) is 13.6. The number of fused-ring (bicyclic) bond motifs is 8. The van der Waals surface area contributed by atoms with Gasteiger partial charge in [-0.2, -0.15) is 0 Å². The van der Waals surface area contributed by atoms with Crippen molar-refractivity contribution in [2.75, 3.05) is 21.3 Å². The van der Waals surface area contributed by atoms with Crippen molar-refractivity contribution < 1.29 is 38.5 Å². The number of methoxy groups -OCH3 is 3. The predicted molar refractivity (Wildman–Crippen MR) is 208 cm³/mol. The molecule has 0 saturated heterocycles. The average Bonchev–Trinajstić information content (AvgIpc) is 3.71. The topological polar surface area (TPSA) is 186 Å². The second-order valence-electron chi connectivity index (χ2n) is 13.6. The highest BCUT2D eigenvalue weighted by atomic mass is 16.5. The Bertz CT molecular complexity index is 2320. The van der Waals surface area contributed by atoms with Crippen LogP contribution in [0.1, 0.15) is 66.8 Å². The number of aliphatic imine (C=N–C) groups is 1. The van der Waals surface area contributed by atoms with E-state index >= 15 is 0 Å². The molecule has 2 aromatic rings. The van der Waals surface area contributed by atoms with E-state index in [-0.39, 0.29) is 31.3 Å². The molecule has 54 heavy (non-hydrogen) atoms. The number of esters is 3. The number of carbonyl (C=O) groups is 4. The quantitative estimate of drug-likeness (QED) is 0.210. The fourth-order valence-corrected chi connectivity index (χ4v) is 7.47. The van der Waals surface area contributed by atoms with Gasteiger partial charge in [-0.15, -0.1) is 0 Å². The van der Waals surface area contributed by atoms with Gasteiger partial charge in [0.1, 0.15) is 5.92 Å². The summed E-state index contributed by atoms with van der Waals surface area (Å²) in [5.74, 6) is -3.82. The lowest BCUT2D eigenvalue weighted by Gasteiger charge is -2.37. The molecular weight excluding hydrogens is 688 g/mol. The van der Waals surface area contributed by atoms with E-state index in [0.29, 0.717) is 50.8 Å². The maximum Gasteiger partial charge on any atom is 0.334 e. The summed E-state index contributed by atoms with van der Waals surface area (Å²) >= 11 is 0. The number of aliphatic carboxylic acids is 1. The van der Waals surface area contributed by atoms with Gasteiger partial charge in [0.25, 0.3) is 0 Å². The van der Waals surface area contributed by atoms with Crippen molar-refractivity contribution in [3.05, 3.63) is 109 Å². The van der Waals surface area contributed by atoms with E-state index < -0.39 is 35.2 Å². The smallest absolute Gasteiger partial charge is 0.334 e. The number of H-pyrrole nitrogens is 2. The van der Waals surface area contributed by atoms with Crippen molar-refractivity contribution >= 4 is 60.0 Å². The number of nitrogens with two attached hydrogens (primary N) is 1. The summed E-state index contributed by atoms with van der Waals surface area (Å²) in [5.41, 5.74) is 14.2. The van der Waals surface area contributed by atoms with Crippen LogP contribution in [0.2, 0.25) is 0 Å². The van der Waals surface area contributed by atoms with Gasteiger partial charge in [-0.3, -0.25) is 19.4 Å². The molecule has 4 heterocycles. The monoisotopic (exact) mass is 734 g/mol. The Morgan fingerprint density at radius 3 is 2.28 bits per heavy atom. The number of hydrogen-bond acceptors (Lipinski definition) is 9. The van der Waals surface area contributed by atoms with Crippen LogP contribution in [0.4, 0.5) is 0 Å². The van der Waals surface area contributed by atoms with Gasteiger partial charge in [0, 0.05) is 46.2 Å². The summed E-state index contributed by atoms with van der Waals surface area (Å²) in [5, 5.41) is 11.1. The zero-order chi connectivity index (χ0) is 39.6. The number of hydrogen-bond donors (Lipinski definition) is 4. The molecule has 0 amide bonds. The molecule has 12 heteroatoms. The van der Waals surface area contributed by atoms with Gasteiger partial charge in [-0.25, -0.2) is 4.79 Å². The van der Waals surface area contributed by atoms with Gasteiger partial charge in [0.05, 0.1) is 43.7 Å². The number of aromatic amines is 2. The SMILES string of the molecule is C=Cc1c(C)/c2[nH]/c1=C\C(=C)/C(C)=C(CCC(=O)OC)\C(N)=C\c1[nH]c(c(C)c1CCC(=O)O)/C=C1N=C(/C=2)C2=CC=C(C(=O)OC)[C@@H](C(=O)OC)[C@]2\1C. The first-order valence-corrected chi connectivity index (χ1v) is 17.4. The molecule has 3 aliphatic rings. The van der Waals surface area contributed by atoms with Crippen LogP contribution in [-0.2, 0) is 39.8 Å². The number of nitrogens with zero attached hydrogens (tertiary/aromatic N) is 1. The first kappa shape index (κ1) is 39.0. The lowest BCUT2D eigenvalue weighted by Crippen LogP contribution is -2.41. The average molecular weight is 735 g/mol. The van der Waals surface area contributed by atoms with Crippen LogP contribution in [0.15, 0.2) is 69.6 Å². The molecule has 0 aromatic carbocycles. The standard InChI is InChI=1S/C42H46N4O8/c1-10-25-23(4)31-19-35-29-14-11-28(40(50)53-8)39(41(51)54-9)42(29,6)36(46-35)20-32-24(5)27(12-15-37(47)48)34(45-32)18-30(43)26(13-16-38(49)52-7)22(3)21(2)17-33(25)44-31/h10-11,14,17-20,39,44-45H,1-2,12-13,15-16,43H2,3-9H3,(H,47,48)/b26-22-,30-18-,31-19+,33-17-,36-20-/t39-,42+/m0/s1. The minimum absolute atomic E-state index is 0.0640. The summed E-state index contributed by atoms with van der Waals surface area (Å²) < 4.78 is 15.3. The van der Waals surface area contributed by atoms with E-state index in [9.17, 15) is 24.3 Å². The van der Waals surface area contributed by atoms with E-state index in [2.05, 4.69) is 23.1 Å². The van der Waals surface area contributed by atoms with Gasteiger partial charge >= 0.3 is 23.9 Å². The summed E-state index contributed by atoms with van der Waals surface area (Å²) in [6.07, 6.45) is 12.8. The molecule has 0 radical (unpaired) electrons. The minimum Gasteiger partial charge on any atom is -0.481 e. The van der Waals surface area contributed by atoms with Crippen LogP contribution in [-0.4, -0.2) is 66.0 Å². The Balaban J connectivity index is 1.91. The van der Waals surface area contributed by atoms with Crippen LogP contribution < -0.4 is 16.4 Å². The van der Waals surface area contributed by atoms with E-state index in [1.807, 2.05) is 45.9 Å². The third-order valence-electron chi connectivity index (χ3n) is 10.7. The molecule has 0 unspecified atom stereocenters. The first-order valence-electron chi connectivity index (χ1n) is 17.4. The number of rotatable bonds is 9. The van der Waals surface area contributed by atoms with Crippen molar-refractivity contribution in [2.24, 2.45) is 22.1 Å². The highest BCUT2D eigenvalue weighted by molar-refractivity contribution is 6.25. The molecule has 0 fully saturated rings. The summed E-state index contributed by atoms with van der Waals surface area (Å²) in [4.78, 5) is 63.0. The highest BCUT2D eigenvalue weighted by Crippen LogP contribution is 2.54. The van der Waals surface area contributed by atoms with Crippen molar-refractivity contribution in [3.63, 3.8) is 0 Å². The lowest BCUT2D eigenvalue weighted by molar-refractivity contribution is -0.150. The number of allylic oxidation sites excluding steroid dienone is 6. The second kappa shape index (κ2) is 15.4. The third-order valence-corrected chi connectivity index (χ3v) is 10.7. The normalized spacial score (nSPS) is 23.9. The van der Waals surface area contributed by atoms with Crippen LogP contribution >= 0.6 is 0 Å². The molecule has 6 bridgehead atoms. The Morgan fingerprint density at radius 2 is 1.65 bits per heavy atom. The Labute approximate surface area is 313 Å². The molecule has 2 aliphatic heterocycles. The number of carboxylic acids is 1. The first-order chi connectivity index (χ1) is 25.6. The van der Waals surface area contributed by atoms with E-state index in [1.165, 1.54) is 21.3 Å². The fourth-order valence-electron chi connectivity index (χ4n) is 7.47. The molecule has 2 aromatic heterocycles. The van der Waals surface area contributed by atoms with E-state index in [1.54, 1.807) is 24.3 Å². The molecule has 2 atom stereocenters. The number of nitrogens with one attached hydrogen (secondary N) is 2. The largest absolute Gasteiger partial charge is 0.481 e. The molecule has 0 spiro atoms. The van der Waals surface area contributed by atoms with Gasteiger partial charge in [-0.05, 0) is 104 Å². The maximum absolute atomic E-state index is 13.7. The van der Waals surface area contributed by atoms with Crippen molar-refractivity contribution in [2.45, 2.75) is 53.4 Å². The Hall–Kier alpha value is -6.17.